The lowest BCUT2D eigenvalue weighted by atomic mass is 9.96. The topological polar surface area (TPSA) is 21.5 Å². The van der Waals surface area contributed by atoms with Crippen LogP contribution in [0.4, 0.5) is 0 Å². The van der Waals surface area contributed by atoms with Gasteiger partial charge in [0.1, 0.15) is 0 Å². The van der Waals surface area contributed by atoms with E-state index >= 15 is 0 Å². The molecule has 2 N–H and O–H groups in total. The van der Waals surface area contributed by atoms with Crippen molar-refractivity contribution >= 4 is 48.9 Å². The van der Waals surface area contributed by atoms with Crippen LogP contribution in [-0.2, 0) is 0 Å². The zero-order valence-corrected chi connectivity index (χ0v) is 24.8. The minimum absolute atomic E-state index is 0.977. The van der Waals surface area contributed by atoms with Crippen molar-refractivity contribution in [1.82, 2.24) is 4.57 Å². The van der Waals surface area contributed by atoms with E-state index in [2.05, 4.69) is 174 Å². The maximum atomic E-state index is 2.45. The van der Waals surface area contributed by atoms with E-state index in [1.807, 2.05) is 0 Å². The van der Waals surface area contributed by atoms with E-state index in [1.54, 1.807) is 0 Å². The van der Waals surface area contributed by atoms with Gasteiger partial charge in [0.05, 0.1) is 23.8 Å². The number of benzene rings is 7. The number of hydrogen-bond acceptors (Lipinski definition) is 0. The number of hydrogen-bond donors (Lipinski definition) is 1. The Morgan fingerprint density at radius 1 is 0.467 bits per heavy atom. The molecular formula is C43H31N2+. The van der Waals surface area contributed by atoms with Crippen LogP contribution in [0.15, 0.2) is 164 Å². The van der Waals surface area contributed by atoms with Crippen LogP contribution in [0.3, 0.4) is 0 Å². The van der Waals surface area contributed by atoms with E-state index in [0.717, 1.165) is 6.54 Å². The molecule has 8 aromatic rings. The summed E-state index contributed by atoms with van der Waals surface area (Å²) in [5.74, 6) is 0. The fraction of sp³-hybridized carbons (Fsp3) is 0.0233. The van der Waals surface area contributed by atoms with E-state index in [0.29, 0.717) is 0 Å². The number of allylic oxidation sites excluding steroid dienone is 2. The molecule has 0 atom stereocenters. The monoisotopic (exact) mass is 575 g/mol. The SMILES string of the molecule is C1=CC(c2ccc3c4ccc5cc(-c6ccc7cc(-c8ccccc8)ccc7c6)ccc5c4n(-c4ccccc4)c3c2)=CC[NH2+]1. The lowest BCUT2D eigenvalue weighted by Crippen LogP contribution is -2.78. The summed E-state index contributed by atoms with van der Waals surface area (Å²) < 4.78 is 2.45. The Balaban J connectivity index is 1.20. The standard InChI is InChI=1S/C43H30N2/c1-3-7-29(8-4-1)31-11-12-33-26-34(14-13-32(33)25-31)35-15-18-39-37(27-35)17-20-41-40-19-16-36(30-21-23-44-24-22-30)28-42(40)45(43(39)41)38-9-5-2-6-10-38/h1-23,25-28,44H,24H2/p+1. The molecule has 1 aromatic heterocycles. The van der Waals surface area contributed by atoms with Crippen LogP contribution in [-0.4, -0.2) is 11.1 Å². The molecule has 1 aliphatic rings. The molecule has 0 amide bonds. The molecule has 0 saturated carbocycles. The van der Waals surface area contributed by atoms with E-state index in [-0.39, 0.29) is 0 Å². The van der Waals surface area contributed by atoms with Gasteiger partial charge in [0.25, 0.3) is 0 Å². The van der Waals surface area contributed by atoms with E-state index in [4.69, 9.17) is 0 Å². The van der Waals surface area contributed by atoms with E-state index in [1.165, 1.54) is 82.4 Å². The molecule has 2 heteroatoms. The zero-order chi connectivity index (χ0) is 29.7. The Bertz CT molecular complexity index is 2460. The lowest BCUT2D eigenvalue weighted by molar-refractivity contribution is -0.578. The van der Waals surface area contributed by atoms with Gasteiger partial charge in [0.2, 0.25) is 0 Å². The number of para-hydroxylation sites is 1. The maximum Gasteiger partial charge on any atom is 0.0993 e. The summed E-state index contributed by atoms with van der Waals surface area (Å²) in [4.78, 5) is 0. The molecule has 0 spiro atoms. The van der Waals surface area contributed by atoms with Crippen molar-refractivity contribution in [2.24, 2.45) is 0 Å². The highest BCUT2D eigenvalue weighted by Gasteiger charge is 2.17. The minimum atomic E-state index is 0.977. The van der Waals surface area contributed by atoms with Crippen LogP contribution in [0.5, 0.6) is 0 Å². The van der Waals surface area contributed by atoms with Crippen molar-refractivity contribution in [3.05, 3.63) is 170 Å². The zero-order valence-electron chi connectivity index (χ0n) is 24.8. The number of quaternary nitrogens is 1. The molecule has 0 bridgehead atoms. The van der Waals surface area contributed by atoms with Gasteiger partial charge in [-0.2, -0.15) is 0 Å². The van der Waals surface area contributed by atoms with E-state index in [9.17, 15) is 0 Å². The van der Waals surface area contributed by atoms with Gasteiger partial charge in [-0.15, -0.1) is 0 Å². The lowest BCUT2D eigenvalue weighted by Gasteiger charge is -2.12. The molecule has 0 unspecified atom stereocenters. The van der Waals surface area contributed by atoms with Gasteiger partial charge >= 0.3 is 0 Å². The number of fused-ring (bicyclic) bond motifs is 6. The van der Waals surface area contributed by atoms with Crippen molar-refractivity contribution in [3.8, 4) is 27.9 Å². The van der Waals surface area contributed by atoms with Crippen molar-refractivity contribution < 1.29 is 5.32 Å². The second-order valence-corrected chi connectivity index (χ2v) is 11.9. The number of nitrogens with two attached hydrogens (primary N) is 1. The van der Waals surface area contributed by atoms with Gasteiger partial charge in [0, 0.05) is 21.8 Å². The third-order valence-electron chi connectivity index (χ3n) is 9.26. The third kappa shape index (κ3) is 4.38. The highest BCUT2D eigenvalue weighted by molar-refractivity contribution is 6.19. The predicted octanol–water partition coefficient (Wildman–Crippen LogP) is 9.90. The number of aromatic nitrogens is 1. The molecule has 2 heterocycles. The van der Waals surface area contributed by atoms with Crippen molar-refractivity contribution in [2.45, 2.75) is 0 Å². The summed E-state index contributed by atoms with van der Waals surface area (Å²) in [5, 5.41) is 9.77. The molecule has 0 aliphatic carbocycles. The highest BCUT2D eigenvalue weighted by atomic mass is 15.0. The van der Waals surface area contributed by atoms with Gasteiger partial charge in [-0.25, -0.2) is 0 Å². The maximum absolute atomic E-state index is 2.45. The molecule has 212 valence electrons. The molecule has 0 fully saturated rings. The fourth-order valence-electron chi connectivity index (χ4n) is 7.00. The Hall–Kier alpha value is -5.70. The summed E-state index contributed by atoms with van der Waals surface area (Å²) in [6.45, 7) is 0.977. The van der Waals surface area contributed by atoms with Gasteiger partial charge in [0.15, 0.2) is 0 Å². The first-order chi connectivity index (χ1) is 22.3. The van der Waals surface area contributed by atoms with Crippen LogP contribution in [0, 0.1) is 0 Å². The number of rotatable bonds is 4. The average Bonchev–Trinajstić information content (AvgIpc) is 3.46. The Labute approximate surface area is 262 Å². The molecule has 9 rings (SSSR count). The summed E-state index contributed by atoms with van der Waals surface area (Å²) in [6.07, 6.45) is 6.68. The first kappa shape index (κ1) is 25.8. The quantitative estimate of drug-likeness (QED) is 0.216. The molecule has 2 nitrogen and oxygen atoms in total. The second kappa shape index (κ2) is 10.5. The Morgan fingerprint density at radius 2 is 1.07 bits per heavy atom. The Kier molecular flexibility index (Phi) is 6.00. The van der Waals surface area contributed by atoms with Crippen LogP contribution < -0.4 is 5.32 Å². The van der Waals surface area contributed by atoms with Crippen LogP contribution in [0.2, 0.25) is 0 Å². The summed E-state index contributed by atoms with van der Waals surface area (Å²) in [5.41, 5.74) is 11.2. The van der Waals surface area contributed by atoms with Crippen LogP contribution in [0.25, 0.3) is 76.9 Å². The second-order valence-electron chi connectivity index (χ2n) is 11.9. The smallest absolute Gasteiger partial charge is 0.0993 e. The third-order valence-corrected chi connectivity index (χ3v) is 9.26. The molecule has 7 aromatic carbocycles. The average molecular weight is 576 g/mol. The fourth-order valence-corrected chi connectivity index (χ4v) is 7.00. The normalized spacial score (nSPS) is 13.2. The van der Waals surface area contributed by atoms with Gasteiger partial charge in [-0.1, -0.05) is 109 Å². The number of nitrogens with zero attached hydrogens (tertiary/aromatic N) is 1. The Morgan fingerprint density at radius 3 is 1.80 bits per heavy atom. The van der Waals surface area contributed by atoms with Gasteiger partial charge in [-0.05, 0) is 98.1 Å². The van der Waals surface area contributed by atoms with Gasteiger partial charge < -0.3 is 9.88 Å². The largest absolute Gasteiger partial charge is 0.317 e. The highest BCUT2D eigenvalue weighted by Crippen LogP contribution is 2.39. The van der Waals surface area contributed by atoms with Crippen molar-refractivity contribution in [2.75, 3.05) is 6.54 Å². The van der Waals surface area contributed by atoms with Crippen LogP contribution in [0.1, 0.15) is 5.56 Å². The first-order valence-electron chi connectivity index (χ1n) is 15.7. The minimum Gasteiger partial charge on any atom is -0.317 e. The van der Waals surface area contributed by atoms with E-state index < -0.39 is 0 Å². The summed E-state index contributed by atoms with van der Waals surface area (Å²) in [6, 6.07) is 53.5. The first-order valence-corrected chi connectivity index (χ1v) is 15.7. The van der Waals surface area contributed by atoms with Crippen molar-refractivity contribution in [3.63, 3.8) is 0 Å². The molecule has 1 aliphatic heterocycles. The molecular weight excluding hydrogens is 544 g/mol. The molecule has 0 saturated heterocycles. The van der Waals surface area contributed by atoms with Crippen molar-refractivity contribution in [1.29, 1.82) is 0 Å². The van der Waals surface area contributed by atoms with Crippen LogP contribution >= 0.6 is 0 Å². The van der Waals surface area contributed by atoms with Gasteiger partial charge in [-0.3, -0.25) is 0 Å². The molecule has 0 radical (unpaired) electrons. The summed E-state index contributed by atoms with van der Waals surface area (Å²) in [7, 11) is 0. The molecule has 45 heavy (non-hydrogen) atoms. The summed E-state index contributed by atoms with van der Waals surface area (Å²) >= 11 is 0. The predicted molar refractivity (Wildman–Crippen MR) is 191 cm³/mol.